The lowest BCUT2D eigenvalue weighted by Gasteiger charge is -2.34. The van der Waals surface area contributed by atoms with E-state index in [1.165, 1.54) is 4.90 Å². The number of benzene rings is 3. The van der Waals surface area contributed by atoms with Crippen molar-refractivity contribution in [1.82, 2.24) is 10.2 Å². The van der Waals surface area contributed by atoms with Crippen LogP contribution in [0.5, 0.6) is 0 Å². The smallest absolute Gasteiger partial charge is 0.244 e. The van der Waals surface area contributed by atoms with Gasteiger partial charge in [-0.05, 0) is 73.7 Å². The van der Waals surface area contributed by atoms with Crippen LogP contribution in [0.1, 0.15) is 42.5 Å². The third-order valence-corrected chi connectivity index (χ3v) is 8.53. The number of sulfonamides is 1. The van der Waals surface area contributed by atoms with Gasteiger partial charge in [0.1, 0.15) is 12.6 Å². The fourth-order valence-electron chi connectivity index (χ4n) is 4.54. The van der Waals surface area contributed by atoms with Crippen molar-refractivity contribution in [2.24, 2.45) is 0 Å². The molecule has 0 spiro atoms. The summed E-state index contributed by atoms with van der Waals surface area (Å²) >= 11 is 12.6. The molecule has 0 bridgehead atoms. The van der Waals surface area contributed by atoms with Crippen molar-refractivity contribution >= 4 is 50.7 Å². The number of rotatable bonds is 12. The number of aryl methyl sites for hydroxylation is 2. The molecule has 0 aliphatic carbocycles. The van der Waals surface area contributed by atoms with E-state index in [1.807, 2.05) is 64.1 Å². The number of carbonyl (C=O) groups is 2. The van der Waals surface area contributed by atoms with Crippen molar-refractivity contribution in [3.05, 3.63) is 99.0 Å². The Bertz CT molecular complexity index is 1460. The summed E-state index contributed by atoms with van der Waals surface area (Å²) in [4.78, 5) is 29.3. The number of hydrogen-bond donors (Lipinski definition) is 1. The normalized spacial score (nSPS) is 12.9. The first kappa shape index (κ1) is 32.4. The second-order valence-corrected chi connectivity index (χ2v) is 13.1. The lowest BCUT2D eigenvalue weighted by atomic mass is 10.0. The molecule has 2 atom stereocenters. The van der Waals surface area contributed by atoms with Gasteiger partial charge in [0, 0.05) is 29.1 Å². The van der Waals surface area contributed by atoms with Gasteiger partial charge in [-0.2, -0.15) is 0 Å². The molecule has 3 aromatic carbocycles. The molecule has 10 heteroatoms. The second-order valence-electron chi connectivity index (χ2n) is 10.4. The Morgan fingerprint density at radius 3 is 2.15 bits per heavy atom. The van der Waals surface area contributed by atoms with Crippen LogP contribution in [0.4, 0.5) is 5.69 Å². The van der Waals surface area contributed by atoms with Crippen LogP contribution < -0.4 is 9.62 Å². The number of anilines is 1. The molecule has 0 unspecified atom stereocenters. The molecule has 0 aromatic heterocycles. The van der Waals surface area contributed by atoms with Crippen LogP contribution in [0.2, 0.25) is 10.0 Å². The number of halogens is 2. The summed E-state index contributed by atoms with van der Waals surface area (Å²) in [7, 11) is -3.85. The summed E-state index contributed by atoms with van der Waals surface area (Å²) in [5, 5.41) is 3.78. The molecule has 41 heavy (non-hydrogen) atoms. The third-order valence-electron chi connectivity index (χ3n) is 6.80. The van der Waals surface area contributed by atoms with E-state index in [2.05, 4.69) is 5.32 Å². The van der Waals surface area contributed by atoms with E-state index < -0.39 is 28.5 Å². The maximum atomic E-state index is 14.2. The Labute approximate surface area is 253 Å². The first-order valence-electron chi connectivity index (χ1n) is 13.4. The first-order chi connectivity index (χ1) is 19.3. The number of nitrogens with one attached hydrogen (secondary N) is 1. The zero-order valence-corrected chi connectivity index (χ0v) is 26.4. The van der Waals surface area contributed by atoms with Gasteiger partial charge in [0.25, 0.3) is 0 Å². The number of hydrogen-bond acceptors (Lipinski definition) is 4. The summed E-state index contributed by atoms with van der Waals surface area (Å²) in [6, 6.07) is 18.6. The van der Waals surface area contributed by atoms with Gasteiger partial charge in [-0.3, -0.25) is 13.9 Å². The summed E-state index contributed by atoms with van der Waals surface area (Å²) < 4.78 is 27.0. The lowest BCUT2D eigenvalue weighted by molar-refractivity contribution is -0.140. The fourth-order valence-corrected chi connectivity index (χ4v) is 5.84. The Hall–Kier alpha value is -3.07. The maximum absolute atomic E-state index is 14.2. The minimum atomic E-state index is -3.85. The van der Waals surface area contributed by atoms with Crippen LogP contribution in [0, 0.1) is 13.8 Å². The van der Waals surface area contributed by atoms with E-state index in [0.717, 1.165) is 27.3 Å². The van der Waals surface area contributed by atoms with Gasteiger partial charge in [-0.25, -0.2) is 8.42 Å². The minimum Gasteiger partial charge on any atom is -0.352 e. The highest BCUT2D eigenvalue weighted by Gasteiger charge is 2.33. The van der Waals surface area contributed by atoms with Crippen LogP contribution in [0.15, 0.2) is 66.7 Å². The first-order valence-corrected chi connectivity index (χ1v) is 16.0. The Balaban J connectivity index is 2.11. The fraction of sp³-hybridized carbons (Fsp3) is 0.355. The number of amides is 2. The zero-order chi connectivity index (χ0) is 30.3. The van der Waals surface area contributed by atoms with E-state index in [1.54, 1.807) is 30.3 Å². The molecular weight excluding hydrogens is 581 g/mol. The van der Waals surface area contributed by atoms with Crippen molar-refractivity contribution < 1.29 is 18.0 Å². The molecule has 3 aromatic rings. The zero-order valence-electron chi connectivity index (χ0n) is 24.0. The topological polar surface area (TPSA) is 86.8 Å². The van der Waals surface area contributed by atoms with Gasteiger partial charge < -0.3 is 10.2 Å². The highest BCUT2D eigenvalue weighted by Crippen LogP contribution is 2.26. The van der Waals surface area contributed by atoms with Crippen molar-refractivity contribution in [3.8, 4) is 0 Å². The quantitative estimate of drug-likeness (QED) is 0.273. The van der Waals surface area contributed by atoms with Gasteiger partial charge in [0.05, 0.1) is 11.9 Å². The van der Waals surface area contributed by atoms with Gasteiger partial charge in [0.2, 0.25) is 21.8 Å². The predicted molar refractivity (Wildman–Crippen MR) is 167 cm³/mol. The van der Waals surface area contributed by atoms with Crippen molar-refractivity contribution in [1.29, 1.82) is 0 Å². The van der Waals surface area contributed by atoms with Crippen molar-refractivity contribution in [2.75, 3.05) is 17.1 Å². The molecule has 2 amide bonds. The monoisotopic (exact) mass is 617 g/mol. The molecule has 0 saturated heterocycles. The molecule has 0 aliphatic heterocycles. The Kier molecular flexibility index (Phi) is 11.2. The third kappa shape index (κ3) is 9.21. The van der Waals surface area contributed by atoms with E-state index in [4.69, 9.17) is 23.2 Å². The summed E-state index contributed by atoms with van der Waals surface area (Å²) in [6.07, 6.45) is 1.99. The van der Waals surface area contributed by atoms with Gasteiger partial charge in [0.15, 0.2) is 0 Å². The molecule has 0 radical (unpaired) electrons. The van der Waals surface area contributed by atoms with Crippen LogP contribution >= 0.6 is 23.2 Å². The van der Waals surface area contributed by atoms with Crippen LogP contribution in [-0.2, 0) is 32.6 Å². The standard InChI is InChI=1S/C31H37Cl2N3O4S/c1-6-23(4)34-31(38)29(17-24-10-8-7-9-11-24)35(19-25-12-13-26(32)18-28(25)33)30(37)20-36(41(5,39)40)27-15-21(2)14-22(3)16-27/h7-16,18,23,29H,6,17,19-20H2,1-5H3,(H,34,38)/t23-,29-/m1/s1. The van der Waals surface area contributed by atoms with Crippen molar-refractivity contribution in [3.63, 3.8) is 0 Å². The van der Waals surface area contributed by atoms with Crippen LogP contribution in [-0.4, -0.2) is 50.0 Å². The molecule has 0 aliphatic rings. The van der Waals surface area contributed by atoms with E-state index in [0.29, 0.717) is 27.7 Å². The highest BCUT2D eigenvalue weighted by molar-refractivity contribution is 7.92. The number of carbonyl (C=O) groups excluding carboxylic acids is 2. The van der Waals surface area contributed by atoms with Gasteiger partial charge >= 0.3 is 0 Å². The van der Waals surface area contributed by atoms with E-state index in [-0.39, 0.29) is 24.9 Å². The largest absolute Gasteiger partial charge is 0.352 e. The lowest BCUT2D eigenvalue weighted by Crippen LogP contribution is -2.54. The second kappa shape index (κ2) is 14.2. The maximum Gasteiger partial charge on any atom is 0.244 e. The molecule has 3 rings (SSSR count). The Morgan fingerprint density at radius 2 is 1.59 bits per heavy atom. The highest BCUT2D eigenvalue weighted by atomic mass is 35.5. The van der Waals surface area contributed by atoms with Gasteiger partial charge in [-0.15, -0.1) is 0 Å². The van der Waals surface area contributed by atoms with Crippen molar-refractivity contribution in [2.45, 2.75) is 59.2 Å². The molecular formula is C31H37Cl2N3O4S. The molecule has 7 nitrogen and oxygen atoms in total. The minimum absolute atomic E-state index is 0.0231. The average Bonchev–Trinajstić information content (AvgIpc) is 2.89. The van der Waals surface area contributed by atoms with Crippen LogP contribution in [0.25, 0.3) is 0 Å². The summed E-state index contributed by atoms with van der Waals surface area (Å²) in [6.45, 7) is 7.07. The molecule has 0 heterocycles. The van der Waals surface area contributed by atoms with E-state index in [9.17, 15) is 18.0 Å². The molecule has 220 valence electrons. The Morgan fingerprint density at radius 1 is 0.951 bits per heavy atom. The SMILES string of the molecule is CC[C@@H](C)NC(=O)[C@@H](Cc1ccccc1)N(Cc1ccc(Cl)cc1Cl)C(=O)CN(c1cc(C)cc(C)c1)S(C)(=O)=O. The summed E-state index contributed by atoms with van der Waals surface area (Å²) in [5.41, 5.74) is 3.54. The van der Waals surface area contributed by atoms with Gasteiger partial charge in [-0.1, -0.05) is 72.6 Å². The average molecular weight is 619 g/mol. The predicted octanol–water partition coefficient (Wildman–Crippen LogP) is 5.93. The molecule has 1 N–H and O–H groups in total. The van der Waals surface area contributed by atoms with E-state index >= 15 is 0 Å². The van der Waals surface area contributed by atoms with Crippen LogP contribution in [0.3, 0.4) is 0 Å². The molecule has 0 fully saturated rings. The molecule has 0 saturated carbocycles. The number of nitrogens with zero attached hydrogens (tertiary/aromatic N) is 2. The summed E-state index contributed by atoms with van der Waals surface area (Å²) in [5.74, 6) is -0.875.